The van der Waals surface area contributed by atoms with Crippen molar-refractivity contribution in [2.45, 2.75) is 57.3 Å². The van der Waals surface area contributed by atoms with Crippen LogP contribution in [-0.4, -0.2) is 88.9 Å². The van der Waals surface area contributed by atoms with Crippen LogP contribution in [0.5, 0.6) is 0 Å². The molecule has 0 fully saturated rings. The van der Waals surface area contributed by atoms with E-state index in [1.54, 1.807) is 13.8 Å². The smallest absolute Gasteiger partial charge is 0.328 e. The lowest BCUT2D eigenvalue weighted by atomic mass is 9.97. The number of aliphatic hydroxyl groups is 2. The average molecular weight is 462 g/mol. The number of aliphatic imine (C=N–C) groups is 1. The van der Waals surface area contributed by atoms with Crippen molar-refractivity contribution in [2.24, 2.45) is 28.1 Å². The van der Waals surface area contributed by atoms with E-state index in [1.165, 1.54) is 0 Å². The number of carboxylic acids is 1. The minimum absolute atomic E-state index is 0.0893. The molecule has 0 saturated carbocycles. The number of amides is 3. The number of aliphatic hydroxyl groups excluding tert-OH is 2. The first-order valence-corrected chi connectivity index (χ1v) is 10.1. The Morgan fingerprint density at radius 2 is 1.50 bits per heavy atom. The van der Waals surface area contributed by atoms with E-state index in [0.29, 0.717) is 12.8 Å². The Kier molecular flexibility index (Phi) is 13.5. The van der Waals surface area contributed by atoms with Gasteiger partial charge < -0.3 is 48.5 Å². The van der Waals surface area contributed by atoms with Gasteiger partial charge in [0.2, 0.25) is 17.7 Å². The first-order chi connectivity index (χ1) is 15.0. The molecule has 14 nitrogen and oxygen atoms in total. The third-order valence-corrected chi connectivity index (χ3v) is 4.71. The van der Waals surface area contributed by atoms with E-state index in [4.69, 9.17) is 27.4 Å². The van der Waals surface area contributed by atoms with Crippen molar-refractivity contribution in [3.63, 3.8) is 0 Å². The zero-order valence-electron chi connectivity index (χ0n) is 18.3. The highest BCUT2D eigenvalue weighted by molar-refractivity contribution is 5.94. The van der Waals surface area contributed by atoms with Crippen molar-refractivity contribution < 1.29 is 34.5 Å². The molecule has 184 valence electrons. The molecule has 0 saturated heterocycles. The monoisotopic (exact) mass is 461 g/mol. The highest BCUT2D eigenvalue weighted by atomic mass is 16.4. The second-order valence-electron chi connectivity index (χ2n) is 7.25. The number of carbonyl (C=O) groups excluding carboxylic acids is 3. The van der Waals surface area contributed by atoms with Crippen LogP contribution in [0.3, 0.4) is 0 Å². The summed E-state index contributed by atoms with van der Waals surface area (Å²) in [5, 5.41) is 34.5. The van der Waals surface area contributed by atoms with E-state index in [-0.39, 0.29) is 18.9 Å². The summed E-state index contributed by atoms with van der Waals surface area (Å²) in [6.07, 6.45) is 1.08. The van der Waals surface area contributed by atoms with Crippen LogP contribution in [-0.2, 0) is 19.2 Å². The lowest BCUT2D eigenvalue weighted by Gasteiger charge is -2.27. The number of carboxylic acid groups (broad SMARTS) is 1. The van der Waals surface area contributed by atoms with Crippen LogP contribution in [0.2, 0.25) is 0 Å². The molecule has 32 heavy (non-hydrogen) atoms. The molecule has 0 heterocycles. The van der Waals surface area contributed by atoms with Crippen LogP contribution < -0.4 is 33.2 Å². The lowest BCUT2D eigenvalue weighted by Crippen LogP contribution is -2.59. The maximum absolute atomic E-state index is 12.6. The molecule has 0 aromatic carbocycles. The number of guanidine groups is 1. The molecule has 0 aromatic heterocycles. The Morgan fingerprint density at radius 3 is 1.97 bits per heavy atom. The second kappa shape index (κ2) is 14.9. The van der Waals surface area contributed by atoms with Crippen molar-refractivity contribution in [1.29, 1.82) is 0 Å². The maximum atomic E-state index is 12.6. The summed E-state index contributed by atoms with van der Waals surface area (Å²) in [7, 11) is 0. The third-order valence-electron chi connectivity index (χ3n) is 4.71. The van der Waals surface area contributed by atoms with Crippen LogP contribution in [0.25, 0.3) is 0 Å². The van der Waals surface area contributed by atoms with E-state index < -0.39 is 67.0 Å². The molecule has 0 radical (unpaired) electrons. The van der Waals surface area contributed by atoms with E-state index in [2.05, 4.69) is 20.9 Å². The molecular formula is C18H35N7O7. The molecule has 0 rings (SSSR count). The second-order valence-corrected chi connectivity index (χ2v) is 7.25. The largest absolute Gasteiger partial charge is 0.480 e. The number of carbonyl (C=O) groups is 4. The Balaban J connectivity index is 5.08. The zero-order valence-corrected chi connectivity index (χ0v) is 18.3. The summed E-state index contributed by atoms with van der Waals surface area (Å²) in [5.74, 6) is -4.32. The molecule has 5 unspecified atom stereocenters. The fourth-order valence-electron chi connectivity index (χ4n) is 2.53. The first-order valence-electron chi connectivity index (χ1n) is 10.1. The topological polar surface area (TPSA) is 255 Å². The Morgan fingerprint density at radius 1 is 0.938 bits per heavy atom. The Bertz CT molecular complexity index is 670. The van der Waals surface area contributed by atoms with Gasteiger partial charge in [-0.1, -0.05) is 20.3 Å². The van der Waals surface area contributed by atoms with E-state index in [9.17, 15) is 24.3 Å². The van der Waals surface area contributed by atoms with Gasteiger partial charge in [-0.2, -0.15) is 0 Å². The molecule has 3 amide bonds. The Labute approximate surface area is 186 Å². The van der Waals surface area contributed by atoms with Crippen molar-refractivity contribution in [1.82, 2.24) is 16.0 Å². The molecule has 0 bridgehead atoms. The summed E-state index contributed by atoms with van der Waals surface area (Å²) >= 11 is 0. The lowest BCUT2D eigenvalue weighted by molar-refractivity contribution is -0.143. The van der Waals surface area contributed by atoms with Gasteiger partial charge in [0.1, 0.15) is 18.1 Å². The van der Waals surface area contributed by atoms with Crippen molar-refractivity contribution in [2.75, 3.05) is 19.8 Å². The fraction of sp³-hybridized carbons (Fsp3) is 0.722. The molecule has 0 aliphatic carbocycles. The number of nitrogens with one attached hydrogen (secondary N) is 3. The van der Waals surface area contributed by atoms with Crippen LogP contribution in [0.1, 0.15) is 33.1 Å². The minimum Gasteiger partial charge on any atom is -0.480 e. The summed E-state index contributed by atoms with van der Waals surface area (Å²) in [6.45, 7) is 2.08. The molecule has 14 heteroatoms. The van der Waals surface area contributed by atoms with Gasteiger partial charge in [-0.05, 0) is 18.8 Å². The number of hydrogen-bond donors (Lipinski definition) is 9. The molecule has 0 spiro atoms. The predicted molar refractivity (Wildman–Crippen MR) is 115 cm³/mol. The Hall–Kier alpha value is -2.97. The third kappa shape index (κ3) is 10.4. The fourth-order valence-corrected chi connectivity index (χ4v) is 2.53. The van der Waals surface area contributed by atoms with Crippen molar-refractivity contribution in [3.05, 3.63) is 0 Å². The standard InChI is InChI=1S/C18H35N7O7/c1-3-9(2)13(16(30)24-12(8-27)17(31)32)25-15(29)11(7-26)23-14(28)10(19)5-4-6-22-18(20)21/h9-13,26-27H,3-8,19H2,1-2H3,(H,23,28)(H,24,30)(H,25,29)(H,31,32)(H4,20,21,22). The highest BCUT2D eigenvalue weighted by Gasteiger charge is 2.32. The molecule has 0 aliphatic rings. The SMILES string of the molecule is CCC(C)C(NC(=O)C(CO)NC(=O)C(N)CCCN=C(N)N)C(=O)NC(CO)C(=O)O. The van der Waals surface area contributed by atoms with Crippen LogP contribution in [0, 0.1) is 5.92 Å². The van der Waals surface area contributed by atoms with Gasteiger partial charge in [-0.25, -0.2) is 4.79 Å². The van der Waals surface area contributed by atoms with Gasteiger partial charge in [0, 0.05) is 6.54 Å². The summed E-state index contributed by atoms with van der Waals surface area (Å²) in [4.78, 5) is 52.1. The molecule has 0 aromatic rings. The molecule has 12 N–H and O–H groups in total. The zero-order chi connectivity index (χ0) is 24.8. The highest BCUT2D eigenvalue weighted by Crippen LogP contribution is 2.09. The predicted octanol–water partition coefficient (Wildman–Crippen LogP) is -4.06. The summed E-state index contributed by atoms with van der Waals surface area (Å²) < 4.78 is 0. The minimum atomic E-state index is -1.55. The van der Waals surface area contributed by atoms with Crippen LogP contribution in [0.15, 0.2) is 4.99 Å². The quantitative estimate of drug-likeness (QED) is 0.0647. The van der Waals surface area contributed by atoms with Gasteiger partial charge in [-0.3, -0.25) is 19.4 Å². The van der Waals surface area contributed by atoms with Crippen molar-refractivity contribution >= 4 is 29.7 Å². The van der Waals surface area contributed by atoms with E-state index in [1.807, 2.05) is 0 Å². The summed E-state index contributed by atoms with van der Waals surface area (Å²) in [5.41, 5.74) is 16.2. The first kappa shape index (κ1) is 29.0. The summed E-state index contributed by atoms with van der Waals surface area (Å²) in [6, 6.07) is -5.09. The molecule has 0 aliphatic heterocycles. The van der Waals surface area contributed by atoms with E-state index >= 15 is 0 Å². The number of rotatable bonds is 15. The van der Waals surface area contributed by atoms with Gasteiger partial charge in [0.05, 0.1) is 19.3 Å². The number of nitrogens with two attached hydrogens (primary N) is 3. The van der Waals surface area contributed by atoms with Crippen molar-refractivity contribution in [3.8, 4) is 0 Å². The number of aliphatic carboxylic acids is 1. The normalized spacial score (nSPS) is 15.4. The van der Waals surface area contributed by atoms with Crippen LogP contribution in [0.4, 0.5) is 0 Å². The molecule has 5 atom stereocenters. The number of nitrogens with zero attached hydrogens (tertiary/aromatic N) is 1. The van der Waals surface area contributed by atoms with Gasteiger partial charge in [-0.15, -0.1) is 0 Å². The maximum Gasteiger partial charge on any atom is 0.328 e. The van der Waals surface area contributed by atoms with E-state index in [0.717, 1.165) is 0 Å². The van der Waals surface area contributed by atoms with Gasteiger partial charge >= 0.3 is 5.97 Å². The van der Waals surface area contributed by atoms with Gasteiger partial charge in [0.25, 0.3) is 0 Å². The number of hydrogen-bond acceptors (Lipinski definition) is 8. The van der Waals surface area contributed by atoms with Crippen LogP contribution >= 0.6 is 0 Å². The average Bonchev–Trinajstić information content (AvgIpc) is 2.75. The van der Waals surface area contributed by atoms with Gasteiger partial charge in [0.15, 0.2) is 5.96 Å². The molecular weight excluding hydrogens is 426 g/mol.